The molecule has 0 aliphatic rings. The van der Waals surface area contributed by atoms with E-state index in [9.17, 15) is 4.79 Å². The van der Waals surface area contributed by atoms with Crippen LogP contribution in [0.4, 0.5) is 0 Å². The van der Waals surface area contributed by atoms with Crippen molar-refractivity contribution in [3.63, 3.8) is 0 Å². The number of carbonyl (C=O) groups excluding carboxylic acids is 1. The van der Waals surface area contributed by atoms with E-state index < -0.39 is 0 Å². The maximum atomic E-state index is 11.8. The van der Waals surface area contributed by atoms with Crippen molar-refractivity contribution in [2.24, 2.45) is 5.73 Å². The van der Waals surface area contributed by atoms with E-state index in [1.165, 1.54) is 6.20 Å². The first kappa shape index (κ1) is 12.3. The van der Waals surface area contributed by atoms with E-state index in [2.05, 4.69) is 15.3 Å². The van der Waals surface area contributed by atoms with Crippen LogP contribution in [0.15, 0.2) is 37.1 Å². The van der Waals surface area contributed by atoms with Crippen LogP contribution >= 0.6 is 0 Å². The van der Waals surface area contributed by atoms with Gasteiger partial charge in [-0.25, -0.2) is 9.97 Å². The number of pyridine rings is 1. The van der Waals surface area contributed by atoms with Crippen molar-refractivity contribution in [1.29, 1.82) is 0 Å². The smallest absolute Gasteiger partial charge is 0.253 e. The largest absolute Gasteiger partial charge is 0.348 e. The van der Waals surface area contributed by atoms with Gasteiger partial charge in [0, 0.05) is 31.2 Å². The molecule has 0 spiro atoms. The second-order valence-electron chi connectivity index (χ2n) is 3.99. The molecule has 0 aliphatic heterocycles. The van der Waals surface area contributed by atoms with Crippen molar-refractivity contribution in [3.8, 4) is 5.82 Å². The molecule has 0 aliphatic carbocycles. The predicted octanol–water partition coefficient (Wildman–Crippen LogP) is 0.344. The zero-order valence-electron chi connectivity index (χ0n) is 10.1. The number of rotatable bonds is 4. The molecule has 94 valence electrons. The number of imidazole rings is 1. The molecule has 6 heteroatoms. The Kier molecular flexibility index (Phi) is 3.69. The van der Waals surface area contributed by atoms with Crippen LogP contribution in [0.1, 0.15) is 17.3 Å². The SMILES string of the molecule is C[C@@H](CN)NC(=O)c1ccc(-n2ccnc2)nc1. The fourth-order valence-corrected chi connectivity index (χ4v) is 1.43. The second kappa shape index (κ2) is 5.42. The number of hydrogen-bond donors (Lipinski definition) is 2. The summed E-state index contributed by atoms with van der Waals surface area (Å²) in [5.74, 6) is 0.550. The molecule has 2 aromatic heterocycles. The molecule has 0 fully saturated rings. The highest BCUT2D eigenvalue weighted by Gasteiger charge is 2.09. The number of amides is 1. The Balaban J connectivity index is 2.10. The van der Waals surface area contributed by atoms with Crippen LogP contribution in [-0.2, 0) is 0 Å². The van der Waals surface area contributed by atoms with Crippen molar-refractivity contribution in [1.82, 2.24) is 19.9 Å². The molecule has 0 saturated carbocycles. The van der Waals surface area contributed by atoms with Gasteiger partial charge in [0.2, 0.25) is 0 Å². The van der Waals surface area contributed by atoms with Gasteiger partial charge in [0.05, 0.1) is 5.56 Å². The third-order valence-corrected chi connectivity index (χ3v) is 2.51. The first-order valence-corrected chi connectivity index (χ1v) is 5.66. The highest BCUT2D eigenvalue weighted by Crippen LogP contribution is 2.05. The van der Waals surface area contributed by atoms with Gasteiger partial charge >= 0.3 is 0 Å². The average Bonchev–Trinajstić information content (AvgIpc) is 2.92. The van der Waals surface area contributed by atoms with Gasteiger partial charge in [-0.2, -0.15) is 0 Å². The molecule has 0 radical (unpaired) electrons. The van der Waals surface area contributed by atoms with Crippen LogP contribution < -0.4 is 11.1 Å². The Bertz CT molecular complexity index is 506. The van der Waals surface area contributed by atoms with Crippen LogP contribution in [0.25, 0.3) is 5.82 Å². The minimum Gasteiger partial charge on any atom is -0.348 e. The molecular formula is C12H15N5O. The molecule has 2 aromatic rings. The first-order valence-electron chi connectivity index (χ1n) is 5.66. The summed E-state index contributed by atoms with van der Waals surface area (Å²) in [6, 6.07) is 3.44. The van der Waals surface area contributed by atoms with E-state index in [-0.39, 0.29) is 11.9 Å². The van der Waals surface area contributed by atoms with E-state index in [0.29, 0.717) is 12.1 Å². The van der Waals surface area contributed by atoms with Gasteiger partial charge in [0.25, 0.3) is 5.91 Å². The summed E-state index contributed by atoms with van der Waals surface area (Å²) in [6.07, 6.45) is 6.65. The minimum atomic E-state index is -0.169. The fourth-order valence-electron chi connectivity index (χ4n) is 1.43. The van der Waals surface area contributed by atoms with E-state index in [4.69, 9.17) is 5.73 Å². The fraction of sp³-hybridized carbons (Fsp3) is 0.250. The van der Waals surface area contributed by atoms with Crippen molar-refractivity contribution in [3.05, 3.63) is 42.6 Å². The number of nitrogens with one attached hydrogen (secondary N) is 1. The summed E-state index contributed by atoms with van der Waals surface area (Å²) in [6.45, 7) is 2.26. The Morgan fingerprint density at radius 3 is 2.94 bits per heavy atom. The van der Waals surface area contributed by atoms with E-state index in [1.54, 1.807) is 35.4 Å². The number of aromatic nitrogens is 3. The van der Waals surface area contributed by atoms with E-state index in [1.807, 2.05) is 6.92 Å². The van der Waals surface area contributed by atoms with E-state index >= 15 is 0 Å². The van der Waals surface area contributed by atoms with Crippen LogP contribution in [-0.4, -0.2) is 33.0 Å². The van der Waals surface area contributed by atoms with Gasteiger partial charge in [-0.05, 0) is 19.1 Å². The summed E-state index contributed by atoms with van der Waals surface area (Å²) in [7, 11) is 0. The average molecular weight is 245 g/mol. The van der Waals surface area contributed by atoms with Crippen LogP contribution in [0.5, 0.6) is 0 Å². The van der Waals surface area contributed by atoms with Crippen molar-refractivity contribution >= 4 is 5.91 Å². The lowest BCUT2D eigenvalue weighted by atomic mass is 10.2. The predicted molar refractivity (Wildman–Crippen MR) is 67.3 cm³/mol. The molecule has 2 heterocycles. The quantitative estimate of drug-likeness (QED) is 0.813. The van der Waals surface area contributed by atoms with Gasteiger partial charge in [-0.3, -0.25) is 9.36 Å². The maximum absolute atomic E-state index is 11.8. The lowest BCUT2D eigenvalue weighted by Crippen LogP contribution is -2.37. The van der Waals surface area contributed by atoms with Crippen LogP contribution in [0.3, 0.4) is 0 Å². The standard InChI is InChI=1S/C12H15N5O/c1-9(6-13)16-12(18)10-2-3-11(15-7-10)17-5-4-14-8-17/h2-5,7-9H,6,13H2,1H3,(H,16,18)/t9-/m0/s1. The molecule has 3 N–H and O–H groups in total. The zero-order chi connectivity index (χ0) is 13.0. The van der Waals surface area contributed by atoms with E-state index in [0.717, 1.165) is 5.82 Å². The molecule has 2 rings (SSSR count). The highest BCUT2D eigenvalue weighted by molar-refractivity contribution is 5.94. The summed E-state index contributed by atoms with van der Waals surface area (Å²) in [5.41, 5.74) is 5.96. The highest BCUT2D eigenvalue weighted by atomic mass is 16.1. The van der Waals surface area contributed by atoms with Crippen molar-refractivity contribution in [2.75, 3.05) is 6.54 Å². The molecule has 0 aromatic carbocycles. The number of nitrogens with zero attached hydrogens (tertiary/aromatic N) is 3. The maximum Gasteiger partial charge on any atom is 0.253 e. The molecule has 0 unspecified atom stereocenters. The van der Waals surface area contributed by atoms with Crippen LogP contribution in [0.2, 0.25) is 0 Å². The zero-order valence-corrected chi connectivity index (χ0v) is 10.1. The monoisotopic (exact) mass is 245 g/mol. The third kappa shape index (κ3) is 2.72. The molecule has 1 amide bonds. The van der Waals surface area contributed by atoms with Gasteiger partial charge in [-0.1, -0.05) is 0 Å². The lowest BCUT2D eigenvalue weighted by molar-refractivity contribution is 0.0941. The van der Waals surface area contributed by atoms with Gasteiger partial charge < -0.3 is 11.1 Å². The molecule has 0 bridgehead atoms. The van der Waals surface area contributed by atoms with Crippen molar-refractivity contribution < 1.29 is 4.79 Å². The summed E-state index contributed by atoms with van der Waals surface area (Å²) in [4.78, 5) is 19.9. The normalized spacial score (nSPS) is 12.1. The Hall–Kier alpha value is -2.21. The lowest BCUT2D eigenvalue weighted by Gasteiger charge is -2.11. The molecule has 1 atom stereocenters. The molecule has 6 nitrogen and oxygen atoms in total. The molecular weight excluding hydrogens is 230 g/mol. The second-order valence-corrected chi connectivity index (χ2v) is 3.99. The summed E-state index contributed by atoms with van der Waals surface area (Å²) in [5, 5.41) is 2.78. The Morgan fingerprint density at radius 1 is 1.56 bits per heavy atom. The topological polar surface area (TPSA) is 85.8 Å². The number of nitrogens with two attached hydrogens (primary N) is 1. The van der Waals surface area contributed by atoms with Gasteiger partial charge in [-0.15, -0.1) is 0 Å². The number of carbonyl (C=O) groups is 1. The Labute approximate surface area is 105 Å². The summed E-state index contributed by atoms with van der Waals surface area (Å²) >= 11 is 0. The molecule has 18 heavy (non-hydrogen) atoms. The Morgan fingerprint density at radius 2 is 2.39 bits per heavy atom. The number of hydrogen-bond acceptors (Lipinski definition) is 4. The minimum absolute atomic E-state index is 0.0502. The van der Waals surface area contributed by atoms with Gasteiger partial charge in [0.15, 0.2) is 0 Å². The van der Waals surface area contributed by atoms with Crippen molar-refractivity contribution in [2.45, 2.75) is 13.0 Å². The molecule has 0 saturated heterocycles. The van der Waals surface area contributed by atoms with Crippen LogP contribution in [0, 0.1) is 0 Å². The first-order chi connectivity index (χ1) is 8.70. The summed E-state index contributed by atoms with van der Waals surface area (Å²) < 4.78 is 1.77. The van der Waals surface area contributed by atoms with Gasteiger partial charge in [0.1, 0.15) is 12.1 Å². The third-order valence-electron chi connectivity index (χ3n) is 2.51.